The Kier molecular flexibility index (Phi) is 3.77. The van der Waals surface area contributed by atoms with Crippen molar-refractivity contribution in [3.8, 4) is 11.4 Å². The lowest BCUT2D eigenvalue weighted by molar-refractivity contribution is -0.120. The summed E-state index contributed by atoms with van der Waals surface area (Å²) in [5.41, 5.74) is 6.92. The highest BCUT2D eigenvalue weighted by Gasteiger charge is 2.23. The third kappa shape index (κ3) is 2.45. The Morgan fingerprint density at radius 1 is 1.26 bits per heavy atom. The molecule has 0 spiro atoms. The van der Waals surface area contributed by atoms with E-state index < -0.39 is 11.9 Å². The fraction of sp³-hybridized carbons (Fsp3) is 0.235. The highest BCUT2D eigenvalue weighted by atomic mass is 32.1. The number of hydrogen-bond donors (Lipinski definition) is 1. The van der Waals surface area contributed by atoms with Crippen LogP contribution in [0.1, 0.15) is 23.4 Å². The number of amides is 1. The molecule has 118 valence electrons. The average molecular weight is 327 g/mol. The first-order chi connectivity index (χ1) is 10.9. The summed E-state index contributed by atoms with van der Waals surface area (Å²) in [4.78, 5) is 31.1. The van der Waals surface area contributed by atoms with Gasteiger partial charge in [0.25, 0.3) is 5.56 Å². The maximum Gasteiger partial charge on any atom is 0.263 e. The summed E-state index contributed by atoms with van der Waals surface area (Å²) < 4.78 is 1.40. The number of aryl methyl sites for hydroxylation is 2. The van der Waals surface area contributed by atoms with Crippen LogP contribution in [0, 0.1) is 13.8 Å². The van der Waals surface area contributed by atoms with Crippen molar-refractivity contribution in [2.75, 3.05) is 0 Å². The molecule has 6 heteroatoms. The van der Waals surface area contributed by atoms with Gasteiger partial charge in [0.2, 0.25) is 5.91 Å². The first-order valence-electron chi connectivity index (χ1n) is 7.28. The molecule has 0 aliphatic rings. The van der Waals surface area contributed by atoms with Crippen LogP contribution in [0.4, 0.5) is 0 Å². The van der Waals surface area contributed by atoms with Crippen LogP contribution in [-0.4, -0.2) is 15.5 Å². The van der Waals surface area contributed by atoms with Crippen LogP contribution >= 0.6 is 11.3 Å². The van der Waals surface area contributed by atoms with Gasteiger partial charge in [0.1, 0.15) is 16.7 Å². The standard InChI is InChI=1S/C17H17N3O2S/c1-9-11(3)23-16-13(9)17(22)20(10(2)14(18)21)15(19-16)12-7-5-4-6-8-12/h4-8,10H,1-3H3,(H2,18,21). The van der Waals surface area contributed by atoms with Gasteiger partial charge in [-0.25, -0.2) is 4.98 Å². The second-order valence-corrected chi connectivity index (χ2v) is 6.72. The molecule has 5 nitrogen and oxygen atoms in total. The quantitative estimate of drug-likeness (QED) is 0.803. The van der Waals surface area contributed by atoms with Crippen LogP contribution in [-0.2, 0) is 4.79 Å². The number of fused-ring (bicyclic) bond motifs is 1. The van der Waals surface area contributed by atoms with E-state index in [0.717, 1.165) is 16.0 Å². The summed E-state index contributed by atoms with van der Waals surface area (Å²) >= 11 is 1.49. The molecule has 0 aliphatic carbocycles. The predicted molar refractivity (Wildman–Crippen MR) is 92.7 cm³/mol. The van der Waals surface area contributed by atoms with Gasteiger partial charge in [-0.15, -0.1) is 11.3 Å². The van der Waals surface area contributed by atoms with Crippen LogP contribution in [0.2, 0.25) is 0 Å². The Labute approximate surface area is 137 Å². The van der Waals surface area contributed by atoms with E-state index in [0.29, 0.717) is 16.0 Å². The lowest BCUT2D eigenvalue weighted by atomic mass is 10.1. The van der Waals surface area contributed by atoms with Gasteiger partial charge in [-0.05, 0) is 26.3 Å². The van der Waals surface area contributed by atoms with E-state index in [-0.39, 0.29) is 5.56 Å². The number of nitrogens with zero attached hydrogens (tertiary/aromatic N) is 2. The van der Waals surface area contributed by atoms with E-state index in [1.165, 1.54) is 15.9 Å². The number of rotatable bonds is 3. The zero-order chi connectivity index (χ0) is 16.7. The molecule has 0 saturated heterocycles. The summed E-state index contributed by atoms with van der Waals surface area (Å²) in [6.07, 6.45) is 0. The maximum absolute atomic E-state index is 13.0. The van der Waals surface area contributed by atoms with E-state index in [2.05, 4.69) is 4.98 Å². The van der Waals surface area contributed by atoms with Gasteiger partial charge < -0.3 is 5.73 Å². The molecule has 1 unspecified atom stereocenters. The van der Waals surface area contributed by atoms with Gasteiger partial charge >= 0.3 is 0 Å². The Bertz CT molecular complexity index is 957. The molecular formula is C17H17N3O2S. The minimum absolute atomic E-state index is 0.220. The van der Waals surface area contributed by atoms with Crippen LogP contribution < -0.4 is 11.3 Å². The van der Waals surface area contributed by atoms with Crippen LogP contribution in [0.25, 0.3) is 21.6 Å². The number of aromatic nitrogens is 2. The fourth-order valence-corrected chi connectivity index (χ4v) is 3.60. The molecule has 1 aromatic carbocycles. The molecule has 1 amide bonds. The third-order valence-electron chi connectivity index (χ3n) is 4.07. The molecule has 0 saturated carbocycles. The summed E-state index contributed by atoms with van der Waals surface area (Å²) in [6, 6.07) is 8.60. The Morgan fingerprint density at radius 2 is 1.91 bits per heavy atom. The van der Waals surface area contributed by atoms with Gasteiger partial charge in [-0.1, -0.05) is 30.3 Å². The van der Waals surface area contributed by atoms with Gasteiger partial charge in [-0.2, -0.15) is 0 Å². The molecule has 2 heterocycles. The van der Waals surface area contributed by atoms with Gasteiger partial charge in [0, 0.05) is 10.4 Å². The van der Waals surface area contributed by atoms with Crippen molar-refractivity contribution in [1.29, 1.82) is 0 Å². The van der Waals surface area contributed by atoms with Gasteiger partial charge in [-0.3, -0.25) is 14.2 Å². The van der Waals surface area contributed by atoms with E-state index in [9.17, 15) is 9.59 Å². The van der Waals surface area contributed by atoms with Crippen molar-refractivity contribution in [3.05, 3.63) is 51.1 Å². The van der Waals surface area contributed by atoms with Gasteiger partial charge in [0.05, 0.1) is 5.39 Å². The topological polar surface area (TPSA) is 78.0 Å². The van der Waals surface area contributed by atoms with Crippen molar-refractivity contribution in [1.82, 2.24) is 9.55 Å². The number of carbonyl (C=O) groups is 1. The van der Waals surface area contributed by atoms with Crippen molar-refractivity contribution in [2.45, 2.75) is 26.8 Å². The van der Waals surface area contributed by atoms with Crippen LogP contribution in [0.5, 0.6) is 0 Å². The molecule has 3 aromatic rings. The highest BCUT2D eigenvalue weighted by molar-refractivity contribution is 7.18. The number of thiophene rings is 1. The summed E-state index contributed by atoms with van der Waals surface area (Å²) in [6.45, 7) is 5.49. The van der Waals surface area contributed by atoms with Crippen molar-refractivity contribution in [2.24, 2.45) is 5.73 Å². The molecule has 3 rings (SSSR count). The third-order valence-corrected chi connectivity index (χ3v) is 5.17. The Balaban J connectivity index is 2.45. The maximum atomic E-state index is 13.0. The highest BCUT2D eigenvalue weighted by Crippen LogP contribution is 2.29. The van der Waals surface area contributed by atoms with Crippen LogP contribution in [0.15, 0.2) is 35.1 Å². The van der Waals surface area contributed by atoms with E-state index in [1.807, 2.05) is 44.2 Å². The van der Waals surface area contributed by atoms with E-state index in [1.54, 1.807) is 6.92 Å². The first kappa shape index (κ1) is 15.4. The summed E-state index contributed by atoms with van der Waals surface area (Å²) in [5.74, 6) is -0.0920. The van der Waals surface area contributed by atoms with Crippen molar-refractivity contribution >= 4 is 27.5 Å². The second-order valence-electron chi connectivity index (χ2n) is 5.52. The smallest absolute Gasteiger partial charge is 0.263 e. The summed E-state index contributed by atoms with van der Waals surface area (Å²) in [7, 11) is 0. The zero-order valence-corrected chi connectivity index (χ0v) is 14.0. The normalized spacial score (nSPS) is 12.5. The Morgan fingerprint density at radius 3 is 2.52 bits per heavy atom. The molecule has 2 N–H and O–H groups in total. The zero-order valence-electron chi connectivity index (χ0n) is 13.2. The number of benzene rings is 1. The van der Waals surface area contributed by atoms with Crippen LogP contribution in [0.3, 0.4) is 0 Å². The van der Waals surface area contributed by atoms with E-state index >= 15 is 0 Å². The van der Waals surface area contributed by atoms with Crippen molar-refractivity contribution in [3.63, 3.8) is 0 Å². The lowest BCUT2D eigenvalue weighted by Gasteiger charge is -2.17. The fourth-order valence-electron chi connectivity index (χ4n) is 2.58. The van der Waals surface area contributed by atoms with Crippen molar-refractivity contribution < 1.29 is 4.79 Å². The van der Waals surface area contributed by atoms with Gasteiger partial charge in [0.15, 0.2) is 0 Å². The Hall–Kier alpha value is -2.47. The van der Waals surface area contributed by atoms with E-state index in [4.69, 9.17) is 5.73 Å². The molecule has 23 heavy (non-hydrogen) atoms. The minimum Gasteiger partial charge on any atom is -0.368 e. The lowest BCUT2D eigenvalue weighted by Crippen LogP contribution is -2.33. The molecule has 1 atom stereocenters. The first-order valence-corrected chi connectivity index (χ1v) is 8.10. The summed E-state index contributed by atoms with van der Waals surface area (Å²) in [5, 5.41) is 0.570. The predicted octanol–water partition coefficient (Wildman–Crippen LogP) is 2.79. The minimum atomic E-state index is -0.769. The second kappa shape index (κ2) is 5.62. The molecule has 0 aliphatic heterocycles. The number of hydrogen-bond acceptors (Lipinski definition) is 4. The number of primary amides is 1. The molecular weight excluding hydrogens is 310 g/mol. The molecule has 2 aromatic heterocycles. The number of nitrogens with two attached hydrogens (primary N) is 1. The average Bonchev–Trinajstić information content (AvgIpc) is 2.82. The molecule has 0 radical (unpaired) electrons. The molecule has 0 bridgehead atoms. The number of carbonyl (C=O) groups excluding carboxylic acids is 1. The molecule has 0 fully saturated rings. The largest absolute Gasteiger partial charge is 0.368 e. The monoisotopic (exact) mass is 327 g/mol. The SMILES string of the molecule is Cc1sc2nc(-c3ccccc3)n(C(C)C(N)=O)c(=O)c2c1C.